The standard InChI is InChI=1S/C20H38N2O/c1-4-8-18-12-19(21-13-17-9-6-5-7-10-17)15-22(14-18)20(23)11-16(2)3/h16-19,21H,4-15H2,1-3H3. The Balaban J connectivity index is 1.85. The second kappa shape index (κ2) is 9.66. The van der Waals surface area contributed by atoms with Crippen molar-refractivity contribution in [3.63, 3.8) is 0 Å². The van der Waals surface area contributed by atoms with Crippen LogP contribution < -0.4 is 5.32 Å². The van der Waals surface area contributed by atoms with Crippen LogP contribution >= 0.6 is 0 Å². The van der Waals surface area contributed by atoms with Crippen molar-refractivity contribution in [3.8, 4) is 0 Å². The number of nitrogens with one attached hydrogen (secondary N) is 1. The van der Waals surface area contributed by atoms with Crippen LogP contribution in [0.4, 0.5) is 0 Å². The van der Waals surface area contributed by atoms with E-state index in [1.54, 1.807) is 0 Å². The van der Waals surface area contributed by atoms with Gasteiger partial charge >= 0.3 is 0 Å². The minimum absolute atomic E-state index is 0.366. The van der Waals surface area contributed by atoms with E-state index >= 15 is 0 Å². The van der Waals surface area contributed by atoms with E-state index in [-0.39, 0.29) is 0 Å². The summed E-state index contributed by atoms with van der Waals surface area (Å²) >= 11 is 0. The second-order valence-electron chi connectivity index (χ2n) is 8.40. The lowest BCUT2D eigenvalue weighted by molar-refractivity contribution is -0.134. The van der Waals surface area contributed by atoms with Gasteiger partial charge in [-0.3, -0.25) is 4.79 Å². The molecule has 1 saturated heterocycles. The molecule has 1 N–H and O–H groups in total. The Kier molecular flexibility index (Phi) is 7.88. The maximum atomic E-state index is 12.5. The fraction of sp³-hybridized carbons (Fsp3) is 0.950. The molecule has 1 saturated carbocycles. The van der Waals surface area contributed by atoms with Crippen molar-refractivity contribution in [1.82, 2.24) is 10.2 Å². The van der Waals surface area contributed by atoms with Gasteiger partial charge in [0.1, 0.15) is 0 Å². The van der Waals surface area contributed by atoms with Gasteiger partial charge in [0.2, 0.25) is 5.91 Å². The minimum atomic E-state index is 0.366. The third kappa shape index (κ3) is 6.45. The van der Waals surface area contributed by atoms with E-state index in [1.165, 1.54) is 51.4 Å². The third-order valence-corrected chi connectivity index (χ3v) is 5.59. The van der Waals surface area contributed by atoms with E-state index in [0.717, 1.165) is 25.6 Å². The summed E-state index contributed by atoms with van der Waals surface area (Å²) in [5.74, 6) is 2.39. The predicted octanol–water partition coefficient (Wildman–Crippen LogP) is 4.22. The molecule has 0 aromatic carbocycles. The summed E-state index contributed by atoms with van der Waals surface area (Å²) in [6.07, 6.45) is 11.5. The van der Waals surface area contributed by atoms with Crippen molar-refractivity contribution >= 4 is 5.91 Å². The largest absolute Gasteiger partial charge is 0.341 e. The Morgan fingerprint density at radius 3 is 2.52 bits per heavy atom. The Bertz CT molecular complexity index is 350. The zero-order chi connectivity index (χ0) is 16.7. The van der Waals surface area contributed by atoms with Crippen molar-refractivity contribution in [3.05, 3.63) is 0 Å². The number of rotatable bonds is 7. The van der Waals surface area contributed by atoms with Crippen LogP contribution in [0.15, 0.2) is 0 Å². The van der Waals surface area contributed by atoms with Gasteiger partial charge < -0.3 is 10.2 Å². The first-order valence-electron chi connectivity index (χ1n) is 10.1. The molecule has 134 valence electrons. The highest BCUT2D eigenvalue weighted by atomic mass is 16.2. The van der Waals surface area contributed by atoms with Gasteiger partial charge in [-0.05, 0) is 50.0 Å². The number of nitrogens with zero attached hydrogens (tertiary/aromatic N) is 1. The van der Waals surface area contributed by atoms with Crippen LogP contribution in [0.3, 0.4) is 0 Å². The molecule has 1 aliphatic carbocycles. The summed E-state index contributed by atoms with van der Waals surface area (Å²) in [6.45, 7) is 9.63. The normalized spacial score (nSPS) is 26.7. The topological polar surface area (TPSA) is 32.3 Å². The molecule has 2 aliphatic rings. The van der Waals surface area contributed by atoms with Gasteiger partial charge in [-0.2, -0.15) is 0 Å². The van der Waals surface area contributed by atoms with E-state index in [1.807, 2.05) is 0 Å². The summed E-state index contributed by atoms with van der Waals surface area (Å²) in [5.41, 5.74) is 0. The van der Waals surface area contributed by atoms with Gasteiger partial charge in [0.25, 0.3) is 0 Å². The van der Waals surface area contributed by atoms with E-state index in [4.69, 9.17) is 0 Å². The van der Waals surface area contributed by atoms with Gasteiger partial charge in [-0.1, -0.05) is 46.5 Å². The van der Waals surface area contributed by atoms with E-state index in [9.17, 15) is 4.79 Å². The molecule has 0 spiro atoms. The first kappa shape index (κ1) is 18.8. The molecule has 0 aromatic rings. The summed E-state index contributed by atoms with van der Waals surface area (Å²) in [5, 5.41) is 3.82. The SMILES string of the molecule is CCCC1CC(NCC2CCCCC2)CN(C(=O)CC(C)C)C1. The number of likely N-dealkylation sites (tertiary alicyclic amines) is 1. The second-order valence-corrected chi connectivity index (χ2v) is 8.40. The lowest BCUT2D eigenvalue weighted by atomic mass is 9.87. The van der Waals surface area contributed by atoms with Crippen LogP contribution in [0.5, 0.6) is 0 Å². The Hall–Kier alpha value is -0.570. The molecule has 23 heavy (non-hydrogen) atoms. The lowest BCUT2D eigenvalue weighted by Gasteiger charge is -2.39. The van der Waals surface area contributed by atoms with Gasteiger partial charge in [-0.15, -0.1) is 0 Å². The number of amides is 1. The van der Waals surface area contributed by atoms with Crippen molar-refractivity contribution in [2.24, 2.45) is 17.8 Å². The zero-order valence-electron chi connectivity index (χ0n) is 15.7. The molecule has 1 amide bonds. The Labute approximate surface area is 143 Å². The fourth-order valence-electron chi connectivity index (χ4n) is 4.38. The average molecular weight is 323 g/mol. The highest BCUT2D eigenvalue weighted by Gasteiger charge is 2.29. The highest BCUT2D eigenvalue weighted by molar-refractivity contribution is 5.76. The van der Waals surface area contributed by atoms with Gasteiger partial charge in [0, 0.05) is 25.6 Å². The lowest BCUT2D eigenvalue weighted by Crippen LogP contribution is -2.52. The van der Waals surface area contributed by atoms with Gasteiger partial charge in [0.15, 0.2) is 0 Å². The fourth-order valence-corrected chi connectivity index (χ4v) is 4.38. The summed E-state index contributed by atoms with van der Waals surface area (Å²) in [6, 6.07) is 0.512. The number of carbonyl (C=O) groups excluding carboxylic acids is 1. The van der Waals surface area contributed by atoms with Crippen molar-refractivity contribution in [2.45, 2.75) is 84.6 Å². The highest BCUT2D eigenvalue weighted by Crippen LogP contribution is 2.25. The number of carbonyl (C=O) groups is 1. The summed E-state index contributed by atoms with van der Waals surface area (Å²) < 4.78 is 0. The van der Waals surface area contributed by atoms with E-state index in [0.29, 0.717) is 30.2 Å². The quantitative estimate of drug-likeness (QED) is 0.761. The van der Waals surface area contributed by atoms with Crippen molar-refractivity contribution in [1.29, 1.82) is 0 Å². The molecule has 0 bridgehead atoms. The molecular formula is C20H38N2O. The maximum Gasteiger partial charge on any atom is 0.222 e. The predicted molar refractivity (Wildman–Crippen MR) is 97.4 cm³/mol. The smallest absolute Gasteiger partial charge is 0.222 e. The molecule has 0 radical (unpaired) electrons. The molecular weight excluding hydrogens is 284 g/mol. The summed E-state index contributed by atoms with van der Waals surface area (Å²) in [4.78, 5) is 14.7. The molecule has 2 rings (SSSR count). The van der Waals surface area contributed by atoms with Gasteiger partial charge in [-0.25, -0.2) is 0 Å². The van der Waals surface area contributed by atoms with Crippen molar-refractivity contribution in [2.75, 3.05) is 19.6 Å². The third-order valence-electron chi connectivity index (χ3n) is 5.59. The summed E-state index contributed by atoms with van der Waals surface area (Å²) in [7, 11) is 0. The van der Waals surface area contributed by atoms with Crippen LogP contribution in [0.2, 0.25) is 0 Å². The monoisotopic (exact) mass is 322 g/mol. The molecule has 2 unspecified atom stereocenters. The number of hydrogen-bond acceptors (Lipinski definition) is 2. The average Bonchev–Trinajstić information content (AvgIpc) is 2.53. The molecule has 3 heteroatoms. The van der Waals surface area contributed by atoms with Gasteiger partial charge in [0.05, 0.1) is 0 Å². The number of hydrogen-bond donors (Lipinski definition) is 1. The van der Waals surface area contributed by atoms with Crippen LogP contribution in [0, 0.1) is 17.8 Å². The Morgan fingerprint density at radius 2 is 1.87 bits per heavy atom. The zero-order valence-corrected chi connectivity index (χ0v) is 15.7. The first-order valence-corrected chi connectivity index (χ1v) is 10.1. The molecule has 2 atom stereocenters. The molecule has 1 heterocycles. The Morgan fingerprint density at radius 1 is 1.13 bits per heavy atom. The molecule has 0 aromatic heterocycles. The molecule has 2 fully saturated rings. The minimum Gasteiger partial charge on any atom is -0.341 e. The van der Waals surface area contributed by atoms with Crippen LogP contribution in [-0.4, -0.2) is 36.5 Å². The molecule has 1 aliphatic heterocycles. The van der Waals surface area contributed by atoms with Crippen LogP contribution in [0.1, 0.15) is 78.6 Å². The van der Waals surface area contributed by atoms with E-state index in [2.05, 4.69) is 31.0 Å². The maximum absolute atomic E-state index is 12.5. The van der Waals surface area contributed by atoms with Crippen LogP contribution in [0.25, 0.3) is 0 Å². The molecule has 3 nitrogen and oxygen atoms in total. The van der Waals surface area contributed by atoms with Crippen molar-refractivity contribution < 1.29 is 4.79 Å². The first-order chi connectivity index (χ1) is 11.1. The van der Waals surface area contributed by atoms with Crippen LogP contribution in [-0.2, 0) is 4.79 Å². The number of piperidine rings is 1. The van der Waals surface area contributed by atoms with E-state index < -0.39 is 0 Å².